The number of nitrogens with zero attached hydrogens (tertiary/aromatic N) is 1. The molecule has 1 aromatic heterocycles. The molecule has 0 aliphatic carbocycles. The summed E-state index contributed by atoms with van der Waals surface area (Å²) in [5, 5.41) is 7.39. The van der Waals surface area contributed by atoms with E-state index in [1.165, 1.54) is 16.7 Å². The average Bonchev–Trinajstić information content (AvgIpc) is 3.10. The summed E-state index contributed by atoms with van der Waals surface area (Å²) in [6.07, 6.45) is 12.7. The van der Waals surface area contributed by atoms with Gasteiger partial charge in [0.15, 0.2) is 0 Å². The van der Waals surface area contributed by atoms with Crippen LogP contribution in [0.2, 0.25) is 0 Å². The fourth-order valence-electron chi connectivity index (χ4n) is 4.41. The van der Waals surface area contributed by atoms with Crippen LogP contribution in [0.15, 0.2) is 71.4 Å². The Balaban J connectivity index is 1.72. The molecule has 0 saturated heterocycles. The third-order valence-corrected chi connectivity index (χ3v) is 7.84. The van der Waals surface area contributed by atoms with E-state index in [1.807, 2.05) is 30.8 Å². The maximum atomic E-state index is 12.7. The van der Waals surface area contributed by atoms with Gasteiger partial charge in [0, 0.05) is 45.9 Å². The SMILES string of the molecule is C=C(C)C(CSC/C=C(\C)CC/C=C(\C)CCC=C(C)C)NC(=O)CCCn1c(=C)c2ccccc2c1=C. The lowest BCUT2D eigenvalue weighted by Crippen LogP contribution is -2.37. The first-order valence-electron chi connectivity index (χ1n) is 13.8. The smallest absolute Gasteiger partial charge is 0.220 e. The Bertz CT molecular complexity index is 1230. The van der Waals surface area contributed by atoms with Crippen molar-refractivity contribution in [2.24, 2.45) is 0 Å². The summed E-state index contributed by atoms with van der Waals surface area (Å²) in [5.41, 5.74) is 5.29. The predicted molar refractivity (Wildman–Crippen MR) is 171 cm³/mol. The van der Waals surface area contributed by atoms with Gasteiger partial charge >= 0.3 is 0 Å². The molecule has 0 radical (unpaired) electrons. The summed E-state index contributed by atoms with van der Waals surface area (Å²) in [7, 11) is 0. The van der Waals surface area contributed by atoms with E-state index in [-0.39, 0.29) is 11.9 Å². The lowest BCUT2D eigenvalue weighted by atomic mass is 10.1. The molecular formula is C34H48N2OS. The molecule has 0 aliphatic rings. The first kappa shape index (κ1) is 31.5. The first-order chi connectivity index (χ1) is 18.1. The van der Waals surface area contributed by atoms with Gasteiger partial charge in [-0.1, -0.05) is 84.5 Å². The number of carbonyl (C=O) groups excluding carboxylic acids is 1. The number of benzene rings is 1. The molecule has 1 atom stereocenters. The Morgan fingerprint density at radius 1 is 0.921 bits per heavy atom. The van der Waals surface area contributed by atoms with Crippen LogP contribution in [-0.4, -0.2) is 28.0 Å². The van der Waals surface area contributed by atoms with Crippen molar-refractivity contribution in [3.05, 3.63) is 82.1 Å². The number of aromatic nitrogens is 1. The van der Waals surface area contributed by atoms with Crippen molar-refractivity contribution >= 4 is 41.6 Å². The number of amides is 1. The van der Waals surface area contributed by atoms with Crippen molar-refractivity contribution in [3.8, 4) is 0 Å². The summed E-state index contributed by atoms with van der Waals surface area (Å²) < 4.78 is 2.13. The van der Waals surface area contributed by atoms with Gasteiger partial charge in [-0.25, -0.2) is 0 Å². The van der Waals surface area contributed by atoms with Crippen LogP contribution in [0.1, 0.15) is 73.1 Å². The summed E-state index contributed by atoms with van der Waals surface area (Å²) in [6.45, 7) is 24.1. The van der Waals surface area contributed by atoms with Crippen molar-refractivity contribution in [1.82, 2.24) is 9.88 Å². The molecule has 38 heavy (non-hydrogen) atoms. The topological polar surface area (TPSA) is 34.0 Å². The molecular weight excluding hydrogens is 484 g/mol. The second-order valence-electron chi connectivity index (χ2n) is 10.7. The number of rotatable bonds is 16. The van der Waals surface area contributed by atoms with E-state index < -0.39 is 0 Å². The zero-order chi connectivity index (χ0) is 28.1. The molecule has 1 amide bonds. The minimum Gasteiger partial charge on any atom is -0.349 e. The van der Waals surface area contributed by atoms with E-state index in [0.29, 0.717) is 6.42 Å². The van der Waals surface area contributed by atoms with Crippen molar-refractivity contribution in [1.29, 1.82) is 0 Å². The maximum Gasteiger partial charge on any atom is 0.220 e. The van der Waals surface area contributed by atoms with E-state index in [9.17, 15) is 4.79 Å². The molecule has 2 aromatic rings. The molecule has 1 aromatic carbocycles. The predicted octanol–water partition coefficient (Wildman–Crippen LogP) is 7.46. The quantitative estimate of drug-likeness (QED) is 0.180. The van der Waals surface area contributed by atoms with Crippen LogP contribution in [-0.2, 0) is 11.3 Å². The van der Waals surface area contributed by atoms with Crippen LogP contribution in [0.5, 0.6) is 0 Å². The van der Waals surface area contributed by atoms with Crippen molar-refractivity contribution < 1.29 is 4.79 Å². The third kappa shape index (κ3) is 10.6. The van der Waals surface area contributed by atoms with Gasteiger partial charge in [-0.15, -0.1) is 0 Å². The first-order valence-corrected chi connectivity index (χ1v) is 15.0. The fourth-order valence-corrected chi connectivity index (χ4v) is 5.55. The zero-order valence-corrected chi connectivity index (χ0v) is 25.2. The monoisotopic (exact) mass is 532 g/mol. The Kier molecular flexibility index (Phi) is 13.5. The molecule has 0 fully saturated rings. The number of nitrogens with one attached hydrogen (secondary N) is 1. The van der Waals surface area contributed by atoms with Crippen LogP contribution in [0.4, 0.5) is 0 Å². The van der Waals surface area contributed by atoms with Crippen molar-refractivity contribution in [2.75, 3.05) is 11.5 Å². The van der Waals surface area contributed by atoms with E-state index in [2.05, 4.69) is 87.7 Å². The van der Waals surface area contributed by atoms with Crippen LogP contribution in [0, 0.1) is 0 Å². The number of hydrogen-bond acceptors (Lipinski definition) is 2. The molecule has 206 valence electrons. The fraction of sp³-hybridized carbons (Fsp3) is 0.441. The van der Waals surface area contributed by atoms with Crippen LogP contribution >= 0.6 is 11.8 Å². The normalized spacial score (nSPS) is 13.0. The van der Waals surface area contributed by atoms with E-state index in [4.69, 9.17) is 0 Å². The highest BCUT2D eigenvalue weighted by Gasteiger charge is 2.13. The van der Waals surface area contributed by atoms with E-state index >= 15 is 0 Å². The standard InChI is InChI=1S/C34H48N2OS/c1-25(2)14-11-15-27(5)16-12-17-28(6)21-23-38-24-33(26(3)4)35-34(37)20-13-22-36-29(7)31-18-9-10-19-32(31)30(36)8/h9-10,14,16,18-19,21,33H,3,7-8,11-13,15,17,20,22-24H2,1-2,4-6H3,(H,35,37)/b27-16+,28-21+. The van der Waals surface area contributed by atoms with Gasteiger partial charge in [-0.3, -0.25) is 4.79 Å². The largest absolute Gasteiger partial charge is 0.349 e. The summed E-state index contributed by atoms with van der Waals surface area (Å²) >= 11 is 1.85. The lowest BCUT2D eigenvalue weighted by Gasteiger charge is -2.18. The highest BCUT2D eigenvalue weighted by atomic mass is 32.2. The molecule has 3 nitrogen and oxygen atoms in total. The molecule has 4 heteroatoms. The number of thioether (sulfide) groups is 1. The van der Waals surface area contributed by atoms with Gasteiger partial charge in [0.1, 0.15) is 0 Å². The Morgan fingerprint density at radius 2 is 1.50 bits per heavy atom. The van der Waals surface area contributed by atoms with Gasteiger partial charge in [-0.2, -0.15) is 11.8 Å². The number of carbonyl (C=O) groups is 1. The maximum absolute atomic E-state index is 12.7. The molecule has 0 bridgehead atoms. The van der Waals surface area contributed by atoms with Gasteiger partial charge in [0.2, 0.25) is 5.91 Å². The highest BCUT2D eigenvalue weighted by molar-refractivity contribution is 7.99. The Labute approximate surface area is 235 Å². The summed E-state index contributed by atoms with van der Waals surface area (Å²) in [6, 6.07) is 8.19. The number of hydrogen-bond donors (Lipinski definition) is 1. The Hall–Kier alpha value is -2.72. The van der Waals surface area contributed by atoms with Crippen LogP contribution in [0.25, 0.3) is 23.9 Å². The highest BCUT2D eigenvalue weighted by Crippen LogP contribution is 2.14. The minimum absolute atomic E-state index is 0.00596. The second kappa shape index (κ2) is 16.3. The van der Waals surface area contributed by atoms with Crippen LogP contribution < -0.4 is 16.0 Å². The zero-order valence-electron chi connectivity index (χ0n) is 24.4. The van der Waals surface area contributed by atoms with Crippen molar-refractivity contribution in [3.63, 3.8) is 0 Å². The van der Waals surface area contributed by atoms with Gasteiger partial charge in [0.05, 0.1) is 6.04 Å². The molecule has 2 rings (SSSR count). The third-order valence-electron chi connectivity index (χ3n) is 6.87. The Morgan fingerprint density at radius 3 is 2.08 bits per heavy atom. The summed E-state index contributed by atoms with van der Waals surface area (Å²) in [5.74, 6) is 1.86. The van der Waals surface area contributed by atoms with E-state index in [1.54, 1.807) is 0 Å². The van der Waals surface area contributed by atoms with Gasteiger partial charge in [-0.05, 0) is 66.7 Å². The molecule has 0 saturated carbocycles. The molecule has 0 spiro atoms. The van der Waals surface area contributed by atoms with Gasteiger partial charge in [0.25, 0.3) is 0 Å². The van der Waals surface area contributed by atoms with Crippen LogP contribution in [0.3, 0.4) is 0 Å². The van der Waals surface area contributed by atoms with E-state index in [0.717, 1.165) is 77.2 Å². The molecule has 0 aliphatic heterocycles. The molecule has 1 unspecified atom stereocenters. The number of fused-ring (bicyclic) bond motifs is 1. The van der Waals surface area contributed by atoms with Crippen molar-refractivity contribution in [2.45, 2.75) is 85.7 Å². The molecule has 1 N–H and O–H groups in total. The number of allylic oxidation sites excluding steroid dienone is 5. The van der Waals surface area contributed by atoms with Gasteiger partial charge < -0.3 is 9.88 Å². The second-order valence-corrected chi connectivity index (χ2v) is 11.7. The molecule has 1 heterocycles. The average molecular weight is 533 g/mol. The minimum atomic E-state index is -0.00596. The summed E-state index contributed by atoms with van der Waals surface area (Å²) in [4.78, 5) is 12.7. The lowest BCUT2D eigenvalue weighted by molar-refractivity contribution is -0.121.